The van der Waals surface area contributed by atoms with E-state index < -0.39 is 5.96 Å². The van der Waals surface area contributed by atoms with E-state index in [9.17, 15) is 0 Å². The summed E-state index contributed by atoms with van der Waals surface area (Å²) in [4.78, 5) is 0. The Morgan fingerprint density at radius 2 is 0.750 bits per heavy atom. The Balaban J connectivity index is 4.14. The first kappa shape index (κ1) is 32.7. The molecule has 32 heavy (non-hydrogen) atoms. The molecule has 196 valence electrons. The van der Waals surface area contributed by atoms with Gasteiger partial charge in [-0.2, -0.15) is 0 Å². The molecule has 0 spiro atoms. The Kier molecular flexibility index (Phi) is 21.5. The van der Waals surface area contributed by atoms with Gasteiger partial charge in [0.15, 0.2) is 0 Å². The predicted octanol–water partition coefficient (Wildman–Crippen LogP) is 12.2. The van der Waals surface area contributed by atoms with Crippen molar-refractivity contribution in [3.05, 3.63) is 0 Å². The first-order chi connectivity index (χ1) is 15.4. The summed E-state index contributed by atoms with van der Waals surface area (Å²) >= 11 is 7.73. The molecule has 0 amide bonds. The number of hydrogen-bond acceptors (Lipinski definition) is 0. The summed E-state index contributed by atoms with van der Waals surface area (Å²) in [6, 6.07) is 0. The van der Waals surface area contributed by atoms with Crippen molar-refractivity contribution in [3.63, 3.8) is 0 Å². The Morgan fingerprint density at radius 1 is 0.469 bits per heavy atom. The maximum atomic E-state index is 7.73. The van der Waals surface area contributed by atoms with Crippen LogP contribution >= 0.6 is 17.2 Å². The Labute approximate surface area is 210 Å². The van der Waals surface area contributed by atoms with Gasteiger partial charge in [0.05, 0.1) is 0 Å². The normalized spacial score (nSPS) is 13.5. The first-order valence-corrected chi connectivity index (χ1v) is 19.0. The summed E-state index contributed by atoms with van der Waals surface area (Å²) in [6.07, 6.45) is 33.8. The fourth-order valence-electron chi connectivity index (χ4n) is 5.64. The van der Waals surface area contributed by atoms with Crippen molar-refractivity contribution in [3.8, 4) is 0 Å². The average Bonchev–Trinajstić information content (AvgIpc) is 2.76. The van der Waals surface area contributed by atoms with Crippen LogP contribution in [0.15, 0.2) is 0 Å². The van der Waals surface area contributed by atoms with E-state index in [1.807, 2.05) is 0 Å². The summed E-state index contributed by atoms with van der Waals surface area (Å²) in [6.45, 7) is 11.8. The molecular formula is C30H64ClP. The third-order valence-corrected chi connectivity index (χ3v) is 16.0. The molecule has 0 N–H and O–H groups in total. The van der Waals surface area contributed by atoms with Crippen molar-refractivity contribution in [1.29, 1.82) is 0 Å². The Morgan fingerprint density at radius 3 is 1.00 bits per heavy atom. The molecule has 0 atom stereocenters. The minimum absolute atomic E-state index is 0.747. The van der Waals surface area contributed by atoms with Gasteiger partial charge in [0, 0.05) is 0 Å². The summed E-state index contributed by atoms with van der Waals surface area (Å²) in [5.74, 6) is -1.28. The molecule has 0 nitrogen and oxygen atoms in total. The molecule has 0 saturated heterocycles. The Bertz CT molecular complexity index is 368. The molecule has 0 heterocycles. The van der Waals surface area contributed by atoms with Gasteiger partial charge in [-0.05, 0) is 0 Å². The van der Waals surface area contributed by atoms with E-state index in [0.29, 0.717) is 0 Å². The van der Waals surface area contributed by atoms with Crippen LogP contribution < -0.4 is 0 Å². The van der Waals surface area contributed by atoms with Gasteiger partial charge in [-0.1, -0.05) is 0 Å². The van der Waals surface area contributed by atoms with Crippen LogP contribution in [0.1, 0.15) is 163 Å². The average molecular weight is 491 g/mol. The standard InChI is InChI=1S/C30H64ClP/c1-6-9-11-13-15-17-19-21-23-25-27-32(31,8-3,29-30(4)5)28-26-24-22-20-18-16-14-12-10-7-2/h30H,6-29H2,1-5H3. The summed E-state index contributed by atoms with van der Waals surface area (Å²) < 4.78 is 0. The van der Waals surface area contributed by atoms with Crippen LogP contribution in [-0.4, -0.2) is 24.6 Å². The Hall–Kier alpha value is 0.720. The summed E-state index contributed by atoms with van der Waals surface area (Å²) in [5, 5.41) is 0. The van der Waals surface area contributed by atoms with Crippen LogP contribution in [-0.2, 0) is 0 Å². The topological polar surface area (TPSA) is 0 Å². The number of hydrogen-bond donors (Lipinski definition) is 0. The fraction of sp³-hybridized carbons (Fsp3) is 1.00. The van der Waals surface area contributed by atoms with Crippen molar-refractivity contribution in [2.75, 3.05) is 24.6 Å². The van der Waals surface area contributed by atoms with Crippen molar-refractivity contribution in [1.82, 2.24) is 0 Å². The van der Waals surface area contributed by atoms with Crippen molar-refractivity contribution in [2.45, 2.75) is 163 Å². The van der Waals surface area contributed by atoms with E-state index in [1.54, 1.807) is 0 Å². The van der Waals surface area contributed by atoms with Crippen LogP contribution in [0.3, 0.4) is 0 Å². The number of halogens is 1. The molecule has 0 bridgehead atoms. The van der Waals surface area contributed by atoms with Gasteiger partial charge < -0.3 is 0 Å². The quantitative estimate of drug-likeness (QED) is 0.0880. The van der Waals surface area contributed by atoms with Gasteiger partial charge in [0.25, 0.3) is 0 Å². The fourth-order valence-corrected chi connectivity index (χ4v) is 12.5. The molecule has 0 aromatic carbocycles. The van der Waals surface area contributed by atoms with Gasteiger partial charge in [-0.15, -0.1) is 0 Å². The monoisotopic (exact) mass is 490 g/mol. The predicted molar refractivity (Wildman–Crippen MR) is 156 cm³/mol. The second-order valence-electron chi connectivity index (χ2n) is 11.5. The minimum atomic E-state index is -2.03. The van der Waals surface area contributed by atoms with E-state index in [-0.39, 0.29) is 0 Å². The zero-order valence-electron chi connectivity index (χ0n) is 23.4. The van der Waals surface area contributed by atoms with Crippen molar-refractivity contribution in [2.24, 2.45) is 5.92 Å². The second kappa shape index (κ2) is 21.0. The molecule has 0 radical (unpaired) electrons. The molecule has 0 aromatic heterocycles. The molecule has 0 aromatic rings. The van der Waals surface area contributed by atoms with E-state index in [1.165, 1.54) is 153 Å². The summed E-state index contributed by atoms with van der Waals surface area (Å²) in [5.41, 5.74) is 0. The van der Waals surface area contributed by atoms with E-state index in [2.05, 4.69) is 34.6 Å². The van der Waals surface area contributed by atoms with Crippen molar-refractivity contribution < 1.29 is 0 Å². The molecule has 2 heteroatoms. The number of rotatable bonds is 25. The van der Waals surface area contributed by atoms with Crippen LogP contribution in [0, 0.1) is 5.92 Å². The number of unbranched alkanes of at least 4 members (excludes halogenated alkanes) is 18. The molecule has 0 unspecified atom stereocenters. The second-order valence-corrected chi connectivity index (χ2v) is 19.9. The van der Waals surface area contributed by atoms with E-state index in [4.69, 9.17) is 11.2 Å². The van der Waals surface area contributed by atoms with Gasteiger partial charge in [-0.3, -0.25) is 0 Å². The van der Waals surface area contributed by atoms with Gasteiger partial charge in [0.1, 0.15) is 0 Å². The molecule has 0 saturated carbocycles. The van der Waals surface area contributed by atoms with Crippen LogP contribution in [0.5, 0.6) is 0 Å². The maximum absolute atomic E-state index is 7.73. The third kappa shape index (κ3) is 18.1. The third-order valence-electron chi connectivity index (χ3n) is 7.75. The van der Waals surface area contributed by atoms with E-state index >= 15 is 0 Å². The summed E-state index contributed by atoms with van der Waals surface area (Å²) in [7, 11) is 0. The molecule has 0 aliphatic carbocycles. The molecule has 0 fully saturated rings. The molecule has 0 aliphatic heterocycles. The van der Waals surface area contributed by atoms with Crippen LogP contribution in [0.2, 0.25) is 0 Å². The first-order valence-electron chi connectivity index (χ1n) is 15.1. The van der Waals surface area contributed by atoms with Crippen LogP contribution in [0.4, 0.5) is 0 Å². The van der Waals surface area contributed by atoms with Gasteiger partial charge >= 0.3 is 211 Å². The molecule has 0 aliphatic rings. The van der Waals surface area contributed by atoms with Crippen molar-refractivity contribution >= 4 is 17.2 Å². The van der Waals surface area contributed by atoms with Crippen LogP contribution in [0.25, 0.3) is 0 Å². The molecular weight excluding hydrogens is 427 g/mol. The van der Waals surface area contributed by atoms with Gasteiger partial charge in [-0.25, -0.2) is 0 Å². The molecule has 0 rings (SSSR count). The SMILES string of the molecule is CCCCCCCCCCCCP(Cl)(CC)(CCCCCCCCCCCC)CC(C)C. The van der Waals surface area contributed by atoms with Gasteiger partial charge in [0.2, 0.25) is 0 Å². The zero-order valence-corrected chi connectivity index (χ0v) is 25.0. The zero-order chi connectivity index (χ0) is 24.0. The van der Waals surface area contributed by atoms with E-state index in [0.717, 1.165) is 5.92 Å².